The number of benzene rings is 1. The van der Waals surface area contributed by atoms with Crippen LogP contribution in [0.3, 0.4) is 0 Å². The topological polar surface area (TPSA) is 21.3 Å². The van der Waals surface area contributed by atoms with Crippen LogP contribution >= 0.6 is 0 Å². The van der Waals surface area contributed by atoms with Crippen molar-refractivity contribution in [1.29, 1.82) is 0 Å². The Balaban J connectivity index is 1.70. The largest absolute Gasteiger partial charge is 0.494 e. The van der Waals surface area contributed by atoms with Crippen molar-refractivity contribution in [2.75, 3.05) is 13.2 Å². The summed E-state index contributed by atoms with van der Waals surface area (Å²) in [5, 5.41) is 3.52. The smallest absolute Gasteiger partial charge is 0.119 e. The molecule has 2 nitrogen and oxygen atoms in total. The second kappa shape index (κ2) is 6.06. The van der Waals surface area contributed by atoms with Gasteiger partial charge in [-0.05, 0) is 69.3 Å². The molecule has 0 aromatic heterocycles. The monoisotopic (exact) mass is 233 g/mol. The second-order valence-corrected chi connectivity index (χ2v) is 5.11. The van der Waals surface area contributed by atoms with Gasteiger partial charge in [-0.3, -0.25) is 0 Å². The molecule has 0 spiro atoms. The normalized spacial score (nSPS) is 19.5. The Morgan fingerprint density at radius 1 is 1.24 bits per heavy atom. The summed E-state index contributed by atoms with van der Waals surface area (Å²) < 4.78 is 5.80. The Bertz CT molecular complexity index is 336. The van der Waals surface area contributed by atoms with Crippen molar-refractivity contribution in [2.45, 2.75) is 45.6 Å². The van der Waals surface area contributed by atoms with Crippen molar-refractivity contribution in [1.82, 2.24) is 5.32 Å². The highest BCUT2D eigenvalue weighted by molar-refractivity contribution is 5.32. The first-order valence-corrected chi connectivity index (χ1v) is 6.68. The zero-order chi connectivity index (χ0) is 12.1. The molecule has 0 amide bonds. The van der Waals surface area contributed by atoms with Crippen LogP contribution in [0.2, 0.25) is 0 Å². The SMILES string of the molecule is Cc1cc(C)cc(OCCCC2CCCN2)c1. The molecule has 17 heavy (non-hydrogen) atoms. The molecule has 0 aliphatic carbocycles. The van der Waals surface area contributed by atoms with Gasteiger partial charge in [-0.15, -0.1) is 0 Å². The molecule has 2 rings (SSSR count). The first-order valence-electron chi connectivity index (χ1n) is 6.68. The van der Waals surface area contributed by atoms with Gasteiger partial charge in [0.1, 0.15) is 5.75 Å². The Morgan fingerprint density at radius 2 is 2.00 bits per heavy atom. The zero-order valence-corrected chi connectivity index (χ0v) is 11.0. The van der Waals surface area contributed by atoms with E-state index in [0.717, 1.165) is 24.8 Å². The van der Waals surface area contributed by atoms with Crippen LogP contribution in [-0.4, -0.2) is 19.2 Å². The van der Waals surface area contributed by atoms with Gasteiger partial charge in [0.25, 0.3) is 0 Å². The summed E-state index contributed by atoms with van der Waals surface area (Å²) in [5.74, 6) is 1.02. The van der Waals surface area contributed by atoms with Crippen molar-refractivity contribution >= 4 is 0 Å². The summed E-state index contributed by atoms with van der Waals surface area (Å²) in [7, 11) is 0. The molecule has 1 heterocycles. The minimum Gasteiger partial charge on any atom is -0.494 e. The molecular formula is C15H23NO. The van der Waals surface area contributed by atoms with E-state index in [1.807, 2.05) is 0 Å². The van der Waals surface area contributed by atoms with Gasteiger partial charge in [0, 0.05) is 6.04 Å². The van der Waals surface area contributed by atoms with E-state index in [-0.39, 0.29) is 0 Å². The van der Waals surface area contributed by atoms with Crippen LogP contribution in [0, 0.1) is 13.8 Å². The molecule has 0 radical (unpaired) electrons. The maximum absolute atomic E-state index is 5.80. The van der Waals surface area contributed by atoms with Crippen molar-refractivity contribution in [2.24, 2.45) is 0 Å². The average Bonchev–Trinajstić information content (AvgIpc) is 2.76. The molecule has 1 saturated heterocycles. The van der Waals surface area contributed by atoms with Crippen molar-refractivity contribution < 1.29 is 4.74 Å². The quantitative estimate of drug-likeness (QED) is 0.788. The summed E-state index contributed by atoms with van der Waals surface area (Å²) in [6.07, 6.45) is 5.06. The summed E-state index contributed by atoms with van der Waals surface area (Å²) in [5.41, 5.74) is 2.55. The van der Waals surface area contributed by atoms with Crippen LogP contribution in [0.4, 0.5) is 0 Å². The Labute approximate surface area is 104 Å². The van der Waals surface area contributed by atoms with Gasteiger partial charge in [0.2, 0.25) is 0 Å². The Morgan fingerprint density at radius 3 is 2.65 bits per heavy atom. The molecule has 1 fully saturated rings. The summed E-state index contributed by atoms with van der Waals surface area (Å²) in [4.78, 5) is 0. The van der Waals surface area contributed by atoms with Gasteiger partial charge < -0.3 is 10.1 Å². The molecule has 1 N–H and O–H groups in total. The molecule has 1 aromatic rings. The number of hydrogen-bond donors (Lipinski definition) is 1. The van der Waals surface area contributed by atoms with Gasteiger partial charge in [-0.2, -0.15) is 0 Å². The van der Waals surface area contributed by atoms with Crippen LogP contribution in [-0.2, 0) is 0 Å². The molecule has 1 atom stereocenters. The van der Waals surface area contributed by atoms with Crippen molar-refractivity contribution in [3.05, 3.63) is 29.3 Å². The van der Waals surface area contributed by atoms with Gasteiger partial charge in [0.15, 0.2) is 0 Å². The third kappa shape index (κ3) is 4.04. The average molecular weight is 233 g/mol. The molecule has 0 saturated carbocycles. The van der Waals surface area contributed by atoms with Crippen LogP contribution in [0.1, 0.15) is 36.8 Å². The van der Waals surface area contributed by atoms with Crippen LogP contribution in [0.25, 0.3) is 0 Å². The molecule has 1 aliphatic heterocycles. The lowest BCUT2D eigenvalue weighted by Crippen LogP contribution is -2.21. The lowest BCUT2D eigenvalue weighted by atomic mass is 10.1. The number of nitrogens with one attached hydrogen (secondary N) is 1. The fourth-order valence-electron chi connectivity index (χ4n) is 2.54. The third-order valence-corrected chi connectivity index (χ3v) is 3.32. The molecule has 1 aromatic carbocycles. The lowest BCUT2D eigenvalue weighted by Gasteiger charge is -2.11. The summed E-state index contributed by atoms with van der Waals surface area (Å²) >= 11 is 0. The van der Waals surface area contributed by atoms with E-state index in [1.54, 1.807) is 0 Å². The summed E-state index contributed by atoms with van der Waals surface area (Å²) in [6.45, 7) is 6.26. The van der Waals surface area contributed by atoms with E-state index in [9.17, 15) is 0 Å². The highest BCUT2D eigenvalue weighted by atomic mass is 16.5. The minimum absolute atomic E-state index is 0.734. The number of aryl methyl sites for hydroxylation is 2. The molecule has 1 aliphatic rings. The summed E-state index contributed by atoms with van der Waals surface area (Å²) in [6, 6.07) is 7.13. The Hall–Kier alpha value is -1.02. The number of hydrogen-bond acceptors (Lipinski definition) is 2. The molecular weight excluding hydrogens is 210 g/mol. The Kier molecular flexibility index (Phi) is 4.43. The third-order valence-electron chi connectivity index (χ3n) is 3.32. The first-order chi connectivity index (χ1) is 8.24. The van der Waals surface area contributed by atoms with E-state index in [2.05, 4.69) is 37.4 Å². The van der Waals surface area contributed by atoms with Crippen LogP contribution < -0.4 is 10.1 Å². The highest BCUT2D eigenvalue weighted by Gasteiger charge is 2.12. The van der Waals surface area contributed by atoms with Crippen molar-refractivity contribution in [3.63, 3.8) is 0 Å². The molecule has 1 unspecified atom stereocenters. The fraction of sp³-hybridized carbons (Fsp3) is 0.600. The molecule has 94 valence electrons. The standard InChI is InChI=1S/C15H23NO/c1-12-9-13(2)11-15(10-12)17-8-4-6-14-5-3-7-16-14/h9-11,14,16H,3-8H2,1-2H3. The highest BCUT2D eigenvalue weighted by Crippen LogP contribution is 2.17. The first kappa shape index (κ1) is 12.4. The minimum atomic E-state index is 0.734. The maximum Gasteiger partial charge on any atom is 0.119 e. The van der Waals surface area contributed by atoms with Crippen LogP contribution in [0.15, 0.2) is 18.2 Å². The predicted octanol–water partition coefficient (Wildman–Crippen LogP) is 3.21. The molecule has 0 bridgehead atoms. The lowest BCUT2D eigenvalue weighted by molar-refractivity contribution is 0.298. The van der Waals surface area contributed by atoms with E-state index >= 15 is 0 Å². The molecule has 2 heteroatoms. The van der Waals surface area contributed by atoms with E-state index in [4.69, 9.17) is 4.74 Å². The maximum atomic E-state index is 5.80. The van der Waals surface area contributed by atoms with E-state index in [0.29, 0.717) is 0 Å². The predicted molar refractivity (Wildman–Crippen MR) is 71.7 cm³/mol. The zero-order valence-electron chi connectivity index (χ0n) is 11.0. The second-order valence-electron chi connectivity index (χ2n) is 5.11. The number of rotatable bonds is 5. The van der Waals surface area contributed by atoms with E-state index in [1.165, 1.54) is 36.9 Å². The van der Waals surface area contributed by atoms with Gasteiger partial charge >= 0.3 is 0 Å². The van der Waals surface area contributed by atoms with Crippen LogP contribution in [0.5, 0.6) is 5.75 Å². The van der Waals surface area contributed by atoms with Gasteiger partial charge in [0.05, 0.1) is 6.61 Å². The van der Waals surface area contributed by atoms with Gasteiger partial charge in [-0.1, -0.05) is 6.07 Å². The van der Waals surface area contributed by atoms with Crippen molar-refractivity contribution in [3.8, 4) is 5.75 Å². The fourth-order valence-corrected chi connectivity index (χ4v) is 2.54. The number of ether oxygens (including phenoxy) is 1. The van der Waals surface area contributed by atoms with Gasteiger partial charge in [-0.25, -0.2) is 0 Å². The van der Waals surface area contributed by atoms with E-state index < -0.39 is 0 Å².